The summed E-state index contributed by atoms with van der Waals surface area (Å²) < 4.78 is 5.06. The molecule has 0 saturated heterocycles. The Morgan fingerprint density at radius 2 is 2.14 bits per heavy atom. The molecule has 2 atom stereocenters. The Balaban J connectivity index is 2.13. The quantitative estimate of drug-likeness (QED) is 0.645. The van der Waals surface area contributed by atoms with E-state index in [1.54, 1.807) is 0 Å². The fraction of sp³-hybridized carbons (Fsp3) is 0.471. The Morgan fingerprint density at radius 3 is 2.81 bits per heavy atom. The van der Waals surface area contributed by atoms with E-state index in [1.807, 2.05) is 37.3 Å². The van der Waals surface area contributed by atoms with Crippen molar-refractivity contribution in [2.75, 3.05) is 19.8 Å². The average molecular weight is 289 g/mol. The van der Waals surface area contributed by atoms with Crippen molar-refractivity contribution < 1.29 is 14.6 Å². The van der Waals surface area contributed by atoms with Gasteiger partial charge in [0.2, 0.25) is 0 Å². The standard InChI is InChI=1S/C17H23NO3/c1-2-21-17(20)12-15-10-6-7-11-18(15)16(13-19)14-8-4-3-5-9-14/h3-9,15-16,19H,2,10-13H2,1H3/t15-,16+/m0/s1. The van der Waals surface area contributed by atoms with Gasteiger partial charge in [-0.3, -0.25) is 9.69 Å². The molecule has 4 nitrogen and oxygen atoms in total. The van der Waals surface area contributed by atoms with Gasteiger partial charge < -0.3 is 9.84 Å². The minimum absolute atomic E-state index is 0.0389. The molecule has 21 heavy (non-hydrogen) atoms. The van der Waals surface area contributed by atoms with Gasteiger partial charge in [-0.2, -0.15) is 0 Å². The van der Waals surface area contributed by atoms with E-state index in [0.29, 0.717) is 13.0 Å². The van der Waals surface area contributed by atoms with E-state index in [1.165, 1.54) is 0 Å². The molecular weight excluding hydrogens is 266 g/mol. The number of rotatable bonds is 6. The largest absolute Gasteiger partial charge is 0.466 e. The van der Waals surface area contributed by atoms with E-state index in [2.05, 4.69) is 17.1 Å². The molecule has 0 radical (unpaired) electrons. The monoisotopic (exact) mass is 289 g/mol. The number of carbonyl (C=O) groups is 1. The molecule has 0 unspecified atom stereocenters. The maximum Gasteiger partial charge on any atom is 0.307 e. The molecule has 1 N–H and O–H groups in total. The number of hydrogen-bond acceptors (Lipinski definition) is 4. The summed E-state index contributed by atoms with van der Waals surface area (Å²) >= 11 is 0. The van der Waals surface area contributed by atoms with E-state index in [-0.39, 0.29) is 24.7 Å². The Morgan fingerprint density at radius 1 is 1.38 bits per heavy atom. The third-order valence-electron chi connectivity index (χ3n) is 3.83. The lowest BCUT2D eigenvalue weighted by molar-refractivity contribution is -0.144. The molecule has 1 aromatic carbocycles. The van der Waals surface area contributed by atoms with Gasteiger partial charge in [0.05, 0.1) is 25.7 Å². The van der Waals surface area contributed by atoms with Crippen LogP contribution in [0.5, 0.6) is 0 Å². The Kier molecular flexibility index (Phi) is 5.96. The van der Waals surface area contributed by atoms with Crippen LogP contribution in [0.3, 0.4) is 0 Å². The van der Waals surface area contributed by atoms with Crippen molar-refractivity contribution >= 4 is 5.97 Å². The van der Waals surface area contributed by atoms with E-state index in [9.17, 15) is 9.90 Å². The molecule has 2 rings (SSSR count). The van der Waals surface area contributed by atoms with Crippen LogP contribution in [0.25, 0.3) is 0 Å². The first-order chi connectivity index (χ1) is 10.3. The molecular formula is C17H23NO3. The van der Waals surface area contributed by atoms with E-state index < -0.39 is 0 Å². The number of aliphatic hydroxyl groups is 1. The predicted octanol–water partition coefficient (Wildman–Crippen LogP) is 2.30. The molecule has 0 saturated carbocycles. The fourth-order valence-corrected chi connectivity index (χ4v) is 2.81. The van der Waals surface area contributed by atoms with E-state index >= 15 is 0 Å². The Hall–Kier alpha value is -1.65. The summed E-state index contributed by atoms with van der Waals surface area (Å²) in [7, 11) is 0. The molecule has 0 fully saturated rings. The number of hydrogen-bond donors (Lipinski definition) is 1. The van der Waals surface area contributed by atoms with Crippen molar-refractivity contribution in [3.8, 4) is 0 Å². The first-order valence-corrected chi connectivity index (χ1v) is 7.48. The van der Waals surface area contributed by atoms with E-state index in [0.717, 1.165) is 18.5 Å². The lowest BCUT2D eigenvalue weighted by Crippen LogP contribution is -2.43. The maximum absolute atomic E-state index is 11.8. The molecule has 1 aromatic rings. The molecule has 1 heterocycles. The lowest BCUT2D eigenvalue weighted by Gasteiger charge is -2.38. The first kappa shape index (κ1) is 15.7. The zero-order valence-corrected chi connectivity index (χ0v) is 12.4. The number of ether oxygens (including phenoxy) is 1. The van der Waals surface area contributed by atoms with Crippen molar-refractivity contribution in [3.63, 3.8) is 0 Å². The highest BCUT2D eigenvalue weighted by molar-refractivity contribution is 5.70. The third-order valence-corrected chi connectivity index (χ3v) is 3.83. The van der Waals surface area contributed by atoms with Crippen LogP contribution in [0.1, 0.15) is 31.4 Å². The first-order valence-electron chi connectivity index (χ1n) is 7.48. The van der Waals surface area contributed by atoms with Gasteiger partial charge in [0.15, 0.2) is 0 Å². The minimum Gasteiger partial charge on any atom is -0.466 e. The zero-order valence-electron chi connectivity index (χ0n) is 12.4. The number of benzene rings is 1. The average Bonchev–Trinajstić information content (AvgIpc) is 2.51. The molecule has 0 aliphatic carbocycles. The minimum atomic E-state index is -0.174. The van der Waals surface area contributed by atoms with Gasteiger partial charge in [0.25, 0.3) is 0 Å². The second-order valence-electron chi connectivity index (χ2n) is 5.18. The highest BCUT2D eigenvalue weighted by Gasteiger charge is 2.29. The third kappa shape index (κ3) is 4.16. The van der Waals surface area contributed by atoms with Crippen LogP contribution in [0, 0.1) is 0 Å². The van der Waals surface area contributed by atoms with Crippen LogP contribution in [-0.4, -0.2) is 41.8 Å². The molecule has 114 valence electrons. The Bertz CT molecular complexity index is 472. The second kappa shape index (κ2) is 7.96. The summed E-state index contributed by atoms with van der Waals surface area (Å²) in [5, 5.41) is 9.81. The summed E-state index contributed by atoms with van der Waals surface area (Å²) in [4.78, 5) is 14.0. The molecule has 0 bridgehead atoms. The molecule has 1 aliphatic rings. The van der Waals surface area contributed by atoms with Crippen LogP contribution in [-0.2, 0) is 9.53 Å². The summed E-state index contributed by atoms with van der Waals surface area (Å²) in [5.41, 5.74) is 1.07. The van der Waals surface area contributed by atoms with Gasteiger partial charge >= 0.3 is 5.97 Å². The van der Waals surface area contributed by atoms with Crippen molar-refractivity contribution in [1.82, 2.24) is 4.90 Å². The summed E-state index contributed by atoms with van der Waals surface area (Å²) in [6.45, 7) is 3.00. The van der Waals surface area contributed by atoms with Crippen molar-refractivity contribution in [3.05, 3.63) is 48.0 Å². The van der Waals surface area contributed by atoms with Gasteiger partial charge in [-0.25, -0.2) is 0 Å². The van der Waals surface area contributed by atoms with Gasteiger partial charge in [-0.1, -0.05) is 42.5 Å². The van der Waals surface area contributed by atoms with Gasteiger partial charge in [-0.05, 0) is 18.9 Å². The van der Waals surface area contributed by atoms with Crippen LogP contribution in [0.4, 0.5) is 0 Å². The van der Waals surface area contributed by atoms with E-state index in [4.69, 9.17) is 4.74 Å². The molecule has 0 amide bonds. The molecule has 4 heteroatoms. The predicted molar refractivity (Wildman–Crippen MR) is 81.8 cm³/mol. The zero-order chi connectivity index (χ0) is 15.1. The fourth-order valence-electron chi connectivity index (χ4n) is 2.81. The highest BCUT2D eigenvalue weighted by Crippen LogP contribution is 2.27. The topological polar surface area (TPSA) is 49.8 Å². The van der Waals surface area contributed by atoms with Crippen LogP contribution >= 0.6 is 0 Å². The van der Waals surface area contributed by atoms with Gasteiger partial charge in [0.1, 0.15) is 0 Å². The number of nitrogens with zero attached hydrogens (tertiary/aromatic N) is 1. The highest BCUT2D eigenvalue weighted by atomic mass is 16.5. The normalized spacial score (nSPS) is 20.2. The number of carbonyl (C=O) groups excluding carboxylic acids is 1. The van der Waals surface area contributed by atoms with Crippen molar-refractivity contribution in [2.45, 2.75) is 31.8 Å². The number of esters is 1. The second-order valence-corrected chi connectivity index (χ2v) is 5.18. The summed E-state index contributed by atoms with van der Waals surface area (Å²) in [5.74, 6) is -0.174. The van der Waals surface area contributed by atoms with Gasteiger partial charge in [0, 0.05) is 12.6 Å². The summed E-state index contributed by atoms with van der Waals surface area (Å²) in [6.07, 6.45) is 5.36. The summed E-state index contributed by atoms with van der Waals surface area (Å²) in [6, 6.07) is 9.92. The lowest BCUT2D eigenvalue weighted by atomic mass is 9.98. The SMILES string of the molecule is CCOC(=O)C[C@@H]1CC=CCN1[C@H](CO)c1ccccc1. The molecule has 0 spiro atoms. The van der Waals surface area contributed by atoms with Crippen LogP contribution in [0.15, 0.2) is 42.5 Å². The van der Waals surface area contributed by atoms with Gasteiger partial charge in [-0.15, -0.1) is 0 Å². The molecule has 1 aliphatic heterocycles. The van der Waals surface area contributed by atoms with Crippen LogP contribution in [0.2, 0.25) is 0 Å². The maximum atomic E-state index is 11.8. The smallest absolute Gasteiger partial charge is 0.307 e. The molecule has 0 aromatic heterocycles. The van der Waals surface area contributed by atoms with Crippen LogP contribution < -0.4 is 0 Å². The van der Waals surface area contributed by atoms with Crippen molar-refractivity contribution in [1.29, 1.82) is 0 Å². The number of aliphatic hydroxyl groups excluding tert-OH is 1. The Labute approximate surface area is 126 Å². The van der Waals surface area contributed by atoms with Crippen molar-refractivity contribution in [2.24, 2.45) is 0 Å².